The summed E-state index contributed by atoms with van der Waals surface area (Å²) in [4.78, 5) is 6.45. The highest BCUT2D eigenvalue weighted by Gasteiger charge is 2.25. The van der Waals surface area contributed by atoms with Gasteiger partial charge in [0.25, 0.3) is 0 Å². The smallest absolute Gasteiger partial charge is 0.123 e. The summed E-state index contributed by atoms with van der Waals surface area (Å²) in [6, 6.07) is 11.0. The highest BCUT2D eigenvalue weighted by atomic mass is 19.1. The minimum absolute atomic E-state index is 0.156. The number of aryl methyl sites for hydroxylation is 1. The summed E-state index contributed by atoms with van der Waals surface area (Å²) >= 11 is 0. The van der Waals surface area contributed by atoms with Crippen molar-refractivity contribution in [3.8, 4) is 5.69 Å². The molecule has 0 aliphatic carbocycles. The molecule has 3 heterocycles. The fourth-order valence-electron chi connectivity index (χ4n) is 3.48. The van der Waals surface area contributed by atoms with Crippen molar-refractivity contribution < 1.29 is 4.39 Å². The van der Waals surface area contributed by atoms with Gasteiger partial charge in [-0.2, -0.15) is 5.10 Å². The minimum atomic E-state index is -0.185. The Balaban J connectivity index is 1.58. The summed E-state index contributed by atoms with van der Waals surface area (Å²) in [7, 11) is 0. The van der Waals surface area contributed by atoms with E-state index in [1.54, 1.807) is 24.5 Å². The number of benzene rings is 1. The molecule has 5 nitrogen and oxygen atoms in total. The van der Waals surface area contributed by atoms with Crippen molar-refractivity contribution in [2.75, 3.05) is 19.6 Å². The Labute approximate surface area is 152 Å². The molecule has 6 heteroatoms. The molecular formula is C20H22FN5. The van der Waals surface area contributed by atoms with E-state index in [2.05, 4.69) is 26.5 Å². The second-order valence-corrected chi connectivity index (χ2v) is 6.64. The molecule has 1 aromatic carbocycles. The van der Waals surface area contributed by atoms with Crippen LogP contribution in [0.15, 0.2) is 55.0 Å². The monoisotopic (exact) mass is 351 g/mol. The van der Waals surface area contributed by atoms with E-state index >= 15 is 0 Å². The Hall–Kier alpha value is -2.57. The van der Waals surface area contributed by atoms with Gasteiger partial charge >= 0.3 is 0 Å². The SMILES string of the molecule is Cc1nn(-c2ccncc2)cc1CN1CCNCC1c1cccc(F)c1. The summed E-state index contributed by atoms with van der Waals surface area (Å²) in [5.41, 5.74) is 4.20. The van der Waals surface area contributed by atoms with Gasteiger partial charge in [0.05, 0.1) is 11.4 Å². The van der Waals surface area contributed by atoms with E-state index in [0.29, 0.717) is 0 Å². The summed E-state index contributed by atoms with van der Waals surface area (Å²) < 4.78 is 15.6. The molecule has 1 saturated heterocycles. The molecule has 3 aromatic rings. The molecule has 0 radical (unpaired) electrons. The lowest BCUT2D eigenvalue weighted by molar-refractivity contribution is 0.153. The van der Waals surface area contributed by atoms with E-state index in [4.69, 9.17) is 0 Å². The average molecular weight is 351 g/mol. The van der Waals surface area contributed by atoms with Gasteiger partial charge in [-0.05, 0) is 36.8 Å². The molecule has 1 N–H and O–H groups in total. The molecule has 1 fully saturated rings. The first kappa shape index (κ1) is 16.9. The molecule has 4 rings (SSSR count). The first-order valence-corrected chi connectivity index (χ1v) is 8.86. The molecule has 26 heavy (non-hydrogen) atoms. The maximum Gasteiger partial charge on any atom is 0.123 e. The van der Waals surface area contributed by atoms with E-state index < -0.39 is 0 Å². The largest absolute Gasteiger partial charge is 0.314 e. The summed E-state index contributed by atoms with van der Waals surface area (Å²) in [5.74, 6) is -0.185. The third-order valence-electron chi connectivity index (χ3n) is 4.89. The Morgan fingerprint density at radius 3 is 2.88 bits per heavy atom. The first-order valence-electron chi connectivity index (χ1n) is 8.86. The van der Waals surface area contributed by atoms with Crippen LogP contribution in [-0.2, 0) is 6.54 Å². The zero-order chi connectivity index (χ0) is 17.9. The number of hydrogen-bond acceptors (Lipinski definition) is 4. The van der Waals surface area contributed by atoms with Gasteiger partial charge in [0.2, 0.25) is 0 Å². The Morgan fingerprint density at radius 2 is 2.08 bits per heavy atom. The van der Waals surface area contributed by atoms with Gasteiger partial charge in [-0.3, -0.25) is 9.88 Å². The van der Waals surface area contributed by atoms with E-state index in [-0.39, 0.29) is 11.9 Å². The summed E-state index contributed by atoms with van der Waals surface area (Å²) in [5, 5.41) is 8.07. The number of halogens is 1. The maximum atomic E-state index is 13.7. The highest BCUT2D eigenvalue weighted by Crippen LogP contribution is 2.25. The van der Waals surface area contributed by atoms with Crippen molar-refractivity contribution in [2.24, 2.45) is 0 Å². The van der Waals surface area contributed by atoms with Crippen LogP contribution in [0.2, 0.25) is 0 Å². The number of piperazine rings is 1. The minimum Gasteiger partial charge on any atom is -0.314 e. The zero-order valence-corrected chi connectivity index (χ0v) is 14.8. The van der Waals surface area contributed by atoms with Gasteiger partial charge < -0.3 is 5.32 Å². The van der Waals surface area contributed by atoms with Crippen molar-refractivity contribution in [3.05, 3.63) is 77.6 Å². The van der Waals surface area contributed by atoms with E-state index in [9.17, 15) is 4.39 Å². The van der Waals surface area contributed by atoms with E-state index in [0.717, 1.165) is 43.1 Å². The Morgan fingerprint density at radius 1 is 1.23 bits per heavy atom. The Kier molecular flexibility index (Phi) is 4.77. The van der Waals surface area contributed by atoms with Crippen LogP contribution >= 0.6 is 0 Å². The van der Waals surface area contributed by atoms with E-state index in [1.807, 2.05) is 29.8 Å². The van der Waals surface area contributed by atoms with Gasteiger partial charge in [0.15, 0.2) is 0 Å². The van der Waals surface area contributed by atoms with Gasteiger partial charge in [-0.1, -0.05) is 12.1 Å². The fourth-order valence-corrected chi connectivity index (χ4v) is 3.48. The lowest BCUT2D eigenvalue weighted by atomic mass is 10.0. The molecule has 1 unspecified atom stereocenters. The molecule has 0 spiro atoms. The quantitative estimate of drug-likeness (QED) is 0.785. The molecule has 0 amide bonds. The molecule has 134 valence electrons. The van der Waals surface area contributed by atoms with Crippen LogP contribution in [0.5, 0.6) is 0 Å². The van der Waals surface area contributed by atoms with Crippen molar-refractivity contribution in [1.82, 2.24) is 25.0 Å². The van der Waals surface area contributed by atoms with Crippen LogP contribution in [0.3, 0.4) is 0 Å². The number of nitrogens with zero attached hydrogens (tertiary/aromatic N) is 4. The highest BCUT2D eigenvalue weighted by molar-refractivity contribution is 5.31. The topological polar surface area (TPSA) is 46.0 Å². The molecule has 2 aromatic heterocycles. The maximum absolute atomic E-state index is 13.7. The van der Waals surface area contributed by atoms with E-state index in [1.165, 1.54) is 11.6 Å². The molecule has 1 aliphatic rings. The predicted octanol–water partition coefficient (Wildman–Crippen LogP) is 2.86. The number of hydrogen-bond donors (Lipinski definition) is 1. The van der Waals surface area contributed by atoms with Crippen molar-refractivity contribution >= 4 is 0 Å². The van der Waals surface area contributed by atoms with Gasteiger partial charge in [-0.15, -0.1) is 0 Å². The van der Waals surface area contributed by atoms with Crippen LogP contribution in [-0.4, -0.2) is 39.3 Å². The zero-order valence-electron chi connectivity index (χ0n) is 14.8. The first-order chi connectivity index (χ1) is 12.7. The van der Waals surface area contributed by atoms with Crippen LogP contribution in [0.1, 0.15) is 22.9 Å². The van der Waals surface area contributed by atoms with Crippen LogP contribution in [0.4, 0.5) is 4.39 Å². The molecular weight excluding hydrogens is 329 g/mol. The number of aromatic nitrogens is 3. The lowest BCUT2D eigenvalue weighted by Gasteiger charge is -2.36. The summed E-state index contributed by atoms with van der Waals surface area (Å²) in [6.07, 6.45) is 5.61. The van der Waals surface area contributed by atoms with Crippen LogP contribution in [0.25, 0.3) is 5.69 Å². The van der Waals surface area contributed by atoms with Crippen molar-refractivity contribution in [1.29, 1.82) is 0 Å². The lowest BCUT2D eigenvalue weighted by Crippen LogP contribution is -2.45. The average Bonchev–Trinajstić information content (AvgIpc) is 3.03. The van der Waals surface area contributed by atoms with Gasteiger partial charge in [0, 0.05) is 56.4 Å². The third-order valence-corrected chi connectivity index (χ3v) is 4.89. The second-order valence-electron chi connectivity index (χ2n) is 6.64. The third kappa shape index (κ3) is 3.52. The van der Waals surface area contributed by atoms with Crippen LogP contribution < -0.4 is 5.32 Å². The molecule has 1 atom stereocenters. The standard InChI is InChI=1S/C20H22FN5/c1-15-17(14-26(24-15)19-5-7-22-8-6-19)13-25-10-9-23-12-20(25)16-3-2-4-18(21)11-16/h2-8,11,14,20,23H,9-10,12-13H2,1H3. The van der Waals surface area contributed by atoms with Gasteiger partial charge in [0.1, 0.15) is 5.82 Å². The Bertz CT molecular complexity index is 877. The number of nitrogens with one attached hydrogen (secondary N) is 1. The number of rotatable bonds is 4. The van der Waals surface area contributed by atoms with Gasteiger partial charge in [-0.25, -0.2) is 9.07 Å². The summed E-state index contributed by atoms with van der Waals surface area (Å²) in [6.45, 7) is 5.50. The second kappa shape index (κ2) is 7.35. The number of pyridine rings is 1. The molecule has 0 bridgehead atoms. The predicted molar refractivity (Wildman–Crippen MR) is 98.5 cm³/mol. The van der Waals surface area contributed by atoms with Crippen LogP contribution in [0, 0.1) is 12.7 Å². The normalized spacial score (nSPS) is 18.2. The molecule has 1 aliphatic heterocycles. The molecule has 0 saturated carbocycles. The van der Waals surface area contributed by atoms with Crippen molar-refractivity contribution in [2.45, 2.75) is 19.5 Å². The van der Waals surface area contributed by atoms with Crippen molar-refractivity contribution in [3.63, 3.8) is 0 Å². The fraction of sp³-hybridized carbons (Fsp3) is 0.300.